The Bertz CT molecular complexity index is 954. The maximum Gasteiger partial charge on any atom is 0.246 e. The van der Waals surface area contributed by atoms with E-state index >= 15 is 0 Å². The van der Waals surface area contributed by atoms with E-state index in [2.05, 4.69) is 24.1 Å². The number of pyridine rings is 1. The van der Waals surface area contributed by atoms with Crippen LogP contribution in [0.15, 0.2) is 60.9 Å². The van der Waals surface area contributed by atoms with Gasteiger partial charge in [0.05, 0.1) is 12.7 Å². The molecule has 2 aromatic carbocycles. The van der Waals surface area contributed by atoms with Crippen molar-refractivity contribution >= 4 is 22.4 Å². The molecule has 3 aromatic rings. The van der Waals surface area contributed by atoms with E-state index in [0.29, 0.717) is 6.61 Å². The number of likely N-dealkylation sites (N-methyl/N-ethyl adjacent to an activating group) is 1. The number of nitrogens with one attached hydrogen (secondary N) is 1. The number of nitrogens with zero attached hydrogens (tertiary/aromatic N) is 2. The monoisotopic (exact) mass is 391 g/mol. The summed E-state index contributed by atoms with van der Waals surface area (Å²) in [6.45, 7) is 4.77. The Morgan fingerprint density at radius 3 is 2.55 bits per heavy atom. The number of carbonyl (C=O) groups is 1. The highest BCUT2D eigenvalue weighted by molar-refractivity contribution is 5.97. The van der Waals surface area contributed by atoms with Crippen LogP contribution in [-0.2, 0) is 16.1 Å². The van der Waals surface area contributed by atoms with E-state index in [9.17, 15) is 4.79 Å². The van der Waals surface area contributed by atoms with Crippen molar-refractivity contribution in [2.24, 2.45) is 0 Å². The molecule has 0 aliphatic rings. The molecule has 0 bridgehead atoms. The van der Waals surface area contributed by atoms with Gasteiger partial charge in [0.25, 0.3) is 0 Å². The molecule has 2 atom stereocenters. The number of fused-ring (bicyclic) bond motifs is 1. The number of carbonyl (C=O) groups excluding carboxylic acids is 1. The van der Waals surface area contributed by atoms with E-state index in [4.69, 9.17) is 4.74 Å². The second-order valence-corrected chi connectivity index (χ2v) is 7.56. The van der Waals surface area contributed by atoms with Gasteiger partial charge >= 0.3 is 0 Å². The average molecular weight is 392 g/mol. The number of benzene rings is 2. The summed E-state index contributed by atoms with van der Waals surface area (Å²) in [7, 11) is 3.83. The number of hydrogen-bond donors (Lipinski definition) is 1. The summed E-state index contributed by atoms with van der Waals surface area (Å²) in [4.78, 5) is 19.1. The fourth-order valence-corrected chi connectivity index (χ4v) is 3.21. The van der Waals surface area contributed by atoms with Crippen LogP contribution in [0, 0.1) is 0 Å². The summed E-state index contributed by atoms with van der Waals surface area (Å²) in [5.41, 5.74) is 2.83. The number of hydrogen-bond acceptors (Lipinski definition) is 4. The van der Waals surface area contributed by atoms with Gasteiger partial charge in [0, 0.05) is 23.5 Å². The summed E-state index contributed by atoms with van der Waals surface area (Å²) in [6.07, 6.45) is 4.80. The molecule has 152 valence electrons. The fraction of sp³-hybridized carbons (Fsp3) is 0.333. The average Bonchev–Trinajstić information content (AvgIpc) is 2.72. The van der Waals surface area contributed by atoms with Gasteiger partial charge in [0.2, 0.25) is 5.91 Å². The van der Waals surface area contributed by atoms with E-state index in [0.717, 1.165) is 34.0 Å². The van der Waals surface area contributed by atoms with Gasteiger partial charge in [0.15, 0.2) is 0 Å². The molecule has 0 aliphatic heterocycles. The van der Waals surface area contributed by atoms with Gasteiger partial charge < -0.3 is 10.1 Å². The first-order valence-electron chi connectivity index (χ1n) is 9.99. The highest BCUT2D eigenvalue weighted by atomic mass is 16.5. The SMILES string of the molecule is CCC(C)OCc1ccc(C(C(=O)Nc2ccc3cnccc3c2)N(C)C)cc1. The van der Waals surface area contributed by atoms with Gasteiger partial charge in [-0.25, -0.2) is 0 Å². The molecular weight excluding hydrogens is 362 g/mol. The van der Waals surface area contributed by atoms with Gasteiger partial charge in [-0.1, -0.05) is 37.3 Å². The van der Waals surface area contributed by atoms with E-state index in [1.54, 1.807) is 6.20 Å². The molecule has 5 heteroatoms. The van der Waals surface area contributed by atoms with Gasteiger partial charge in [-0.3, -0.25) is 14.7 Å². The van der Waals surface area contributed by atoms with Gasteiger partial charge in [-0.2, -0.15) is 0 Å². The van der Waals surface area contributed by atoms with Gasteiger partial charge in [0.1, 0.15) is 6.04 Å². The molecule has 1 aromatic heterocycles. The zero-order valence-corrected chi connectivity index (χ0v) is 17.6. The summed E-state index contributed by atoms with van der Waals surface area (Å²) in [6, 6.07) is 15.5. The Balaban J connectivity index is 1.73. The molecule has 0 saturated heterocycles. The lowest BCUT2D eigenvalue weighted by Crippen LogP contribution is -2.32. The minimum atomic E-state index is -0.382. The highest BCUT2D eigenvalue weighted by Crippen LogP contribution is 2.23. The van der Waals surface area contributed by atoms with Crippen LogP contribution in [-0.4, -0.2) is 36.0 Å². The summed E-state index contributed by atoms with van der Waals surface area (Å²) in [5.74, 6) is -0.0630. The normalized spacial score (nSPS) is 13.4. The molecule has 5 nitrogen and oxygen atoms in total. The maximum absolute atomic E-state index is 13.0. The Hall–Kier alpha value is -2.76. The van der Waals surface area contributed by atoms with Crippen molar-refractivity contribution in [1.82, 2.24) is 9.88 Å². The summed E-state index contributed by atoms with van der Waals surface area (Å²) < 4.78 is 5.79. The van der Waals surface area contributed by atoms with Crippen molar-refractivity contribution in [3.05, 3.63) is 72.1 Å². The first-order chi connectivity index (χ1) is 14.0. The van der Waals surface area contributed by atoms with Crippen molar-refractivity contribution in [3.8, 4) is 0 Å². The molecule has 0 fully saturated rings. The van der Waals surface area contributed by atoms with Crippen LogP contribution in [0.4, 0.5) is 5.69 Å². The molecule has 2 unspecified atom stereocenters. The Morgan fingerprint density at radius 1 is 1.10 bits per heavy atom. The molecule has 3 rings (SSSR count). The lowest BCUT2D eigenvalue weighted by Gasteiger charge is -2.24. The van der Waals surface area contributed by atoms with Gasteiger partial charge in [-0.15, -0.1) is 0 Å². The third-order valence-corrected chi connectivity index (χ3v) is 5.08. The van der Waals surface area contributed by atoms with Crippen LogP contribution in [0.5, 0.6) is 0 Å². The number of anilines is 1. The molecular formula is C24H29N3O2. The molecule has 0 spiro atoms. The highest BCUT2D eigenvalue weighted by Gasteiger charge is 2.23. The predicted molar refractivity (Wildman–Crippen MR) is 118 cm³/mol. The Kier molecular flexibility index (Phi) is 6.96. The smallest absolute Gasteiger partial charge is 0.246 e. The molecule has 0 aliphatic carbocycles. The first kappa shape index (κ1) is 21.0. The second-order valence-electron chi connectivity index (χ2n) is 7.56. The molecule has 1 heterocycles. The Labute approximate surface area is 172 Å². The Morgan fingerprint density at radius 2 is 1.86 bits per heavy atom. The van der Waals surface area contributed by atoms with Crippen molar-refractivity contribution in [3.63, 3.8) is 0 Å². The predicted octanol–water partition coefficient (Wildman–Crippen LogP) is 4.79. The lowest BCUT2D eigenvalue weighted by molar-refractivity contribution is -0.120. The summed E-state index contributed by atoms with van der Waals surface area (Å²) >= 11 is 0. The van der Waals surface area contributed by atoms with Crippen molar-refractivity contribution in [2.45, 2.75) is 39.0 Å². The minimum absolute atomic E-state index is 0.0630. The number of aromatic nitrogens is 1. The van der Waals surface area contributed by atoms with E-state index < -0.39 is 0 Å². The maximum atomic E-state index is 13.0. The van der Waals surface area contributed by atoms with Crippen molar-refractivity contribution in [1.29, 1.82) is 0 Å². The van der Waals surface area contributed by atoms with Crippen LogP contribution < -0.4 is 5.32 Å². The number of ether oxygens (including phenoxy) is 1. The van der Waals surface area contributed by atoms with E-state index in [-0.39, 0.29) is 18.1 Å². The topological polar surface area (TPSA) is 54.5 Å². The minimum Gasteiger partial charge on any atom is -0.374 e. The largest absolute Gasteiger partial charge is 0.374 e. The van der Waals surface area contributed by atoms with Crippen molar-refractivity contribution in [2.75, 3.05) is 19.4 Å². The van der Waals surface area contributed by atoms with Crippen LogP contribution in [0.1, 0.15) is 37.4 Å². The zero-order chi connectivity index (χ0) is 20.8. The number of amides is 1. The first-order valence-corrected chi connectivity index (χ1v) is 9.99. The standard InChI is InChI=1S/C24H29N3O2/c1-5-17(2)29-16-18-6-8-19(9-7-18)23(27(3)4)24(28)26-22-11-10-21-15-25-13-12-20(21)14-22/h6-15,17,23H,5,16H2,1-4H3,(H,26,28). The van der Waals surface area contributed by atoms with E-state index in [1.165, 1.54) is 0 Å². The third-order valence-electron chi connectivity index (χ3n) is 5.08. The third kappa shape index (κ3) is 5.40. The second kappa shape index (κ2) is 9.63. The molecule has 29 heavy (non-hydrogen) atoms. The molecule has 0 saturated carbocycles. The van der Waals surface area contributed by atoms with Crippen LogP contribution in [0.2, 0.25) is 0 Å². The number of rotatable bonds is 8. The van der Waals surface area contributed by atoms with Gasteiger partial charge in [-0.05, 0) is 62.2 Å². The van der Waals surface area contributed by atoms with Crippen molar-refractivity contribution < 1.29 is 9.53 Å². The summed E-state index contributed by atoms with van der Waals surface area (Å²) in [5, 5.41) is 5.14. The zero-order valence-electron chi connectivity index (χ0n) is 17.6. The molecule has 1 N–H and O–H groups in total. The lowest BCUT2D eigenvalue weighted by atomic mass is 10.0. The van der Waals surface area contributed by atoms with Crippen LogP contribution in [0.25, 0.3) is 10.8 Å². The van der Waals surface area contributed by atoms with Crippen LogP contribution >= 0.6 is 0 Å². The van der Waals surface area contributed by atoms with Crippen LogP contribution in [0.3, 0.4) is 0 Å². The molecule has 1 amide bonds. The quantitative estimate of drug-likeness (QED) is 0.600. The fourth-order valence-electron chi connectivity index (χ4n) is 3.21. The van der Waals surface area contributed by atoms with E-state index in [1.807, 2.05) is 73.7 Å². The molecule has 0 radical (unpaired) electrons.